The lowest BCUT2D eigenvalue weighted by molar-refractivity contribution is 0.0519. The van der Waals surface area contributed by atoms with Gasteiger partial charge in [0.05, 0.1) is 18.4 Å². The number of aromatic hydroxyl groups is 1. The van der Waals surface area contributed by atoms with Crippen molar-refractivity contribution >= 4 is 5.97 Å². The van der Waals surface area contributed by atoms with Gasteiger partial charge >= 0.3 is 5.97 Å². The molecule has 0 aliphatic heterocycles. The van der Waals surface area contributed by atoms with E-state index in [1.807, 2.05) is 0 Å². The van der Waals surface area contributed by atoms with Crippen LogP contribution in [0.1, 0.15) is 23.0 Å². The number of rotatable bonds is 2. The summed E-state index contributed by atoms with van der Waals surface area (Å²) in [5.41, 5.74) is 0.0178. The van der Waals surface area contributed by atoms with Crippen molar-refractivity contribution in [2.45, 2.75) is 6.92 Å². The zero-order chi connectivity index (χ0) is 10.6. The predicted molar refractivity (Wildman–Crippen MR) is 46.6 cm³/mol. The van der Waals surface area contributed by atoms with E-state index < -0.39 is 5.97 Å². The number of ether oxygens (including phenoxy) is 1. The maximum atomic E-state index is 11.1. The largest absolute Gasteiger partial charge is 0.505 e. The van der Waals surface area contributed by atoms with Gasteiger partial charge in [0.15, 0.2) is 5.75 Å². The third-order valence-corrected chi connectivity index (χ3v) is 1.49. The molecule has 0 spiro atoms. The highest BCUT2D eigenvalue weighted by Crippen LogP contribution is 2.14. The fourth-order valence-corrected chi connectivity index (χ4v) is 0.854. The average molecular weight is 192 g/mol. The van der Waals surface area contributed by atoms with Crippen LogP contribution in [0.3, 0.4) is 0 Å². The standard InChI is InChI=1S/C9H8N2O3/c1-2-14-9(13)7-3-6(4-10)8(12)5-11-7/h3,5,12H,2H2,1H3. The normalized spacial score (nSPS) is 9.14. The van der Waals surface area contributed by atoms with Gasteiger partial charge in [-0.15, -0.1) is 0 Å². The highest BCUT2D eigenvalue weighted by Gasteiger charge is 2.11. The van der Waals surface area contributed by atoms with E-state index in [9.17, 15) is 4.79 Å². The number of esters is 1. The molecule has 1 aromatic rings. The first-order valence-electron chi connectivity index (χ1n) is 3.95. The van der Waals surface area contributed by atoms with E-state index in [0.717, 1.165) is 6.20 Å². The van der Waals surface area contributed by atoms with Crippen molar-refractivity contribution in [2.75, 3.05) is 6.61 Å². The van der Waals surface area contributed by atoms with Gasteiger partial charge in [-0.1, -0.05) is 0 Å². The van der Waals surface area contributed by atoms with Crippen molar-refractivity contribution in [1.82, 2.24) is 4.98 Å². The van der Waals surface area contributed by atoms with Gasteiger partial charge in [0.1, 0.15) is 11.8 Å². The van der Waals surface area contributed by atoms with Crippen LogP contribution in [0.15, 0.2) is 12.3 Å². The molecule has 1 N–H and O–H groups in total. The van der Waals surface area contributed by atoms with Crippen LogP contribution in [0.5, 0.6) is 5.75 Å². The second-order valence-electron chi connectivity index (χ2n) is 2.42. The zero-order valence-electron chi connectivity index (χ0n) is 7.52. The molecular formula is C9H8N2O3. The molecule has 0 aromatic carbocycles. The van der Waals surface area contributed by atoms with Crippen molar-refractivity contribution < 1.29 is 14.6 Å². The van der Waals surface area contributed by atoms with Crippen molar-refractivity contribution in [2.24, 2.45) is 0 Å². The topological polar surface area (TPSA) is 83.2 Å². The van der Waals surface area contributed by atoms with E-state index in [2.05, 4.69) is 9.72 Å². The average Bonchev–Trinajstić information content (AvgIpc) is 2.19. The third-order valence-electron chi connectivity index (χ3n) is 1.49. The molecule has 0 atom stereocenters. The molecule has 0 aliphatic rings. The highest BCUT2D eigenvalue weighted by atomic mass is 16.5. The summed E-state index contributed by atoms with van der Waals surface area (Å²) >= 11 is 0. The van der Waals surface area contributed by atoms with Gasteiger partial charge in [-0.05, 0) is 13.0 Å². The quantitative estimate of drug-likeness (QED) is 0.702. The van der Waals surface area contributed by atoms with E-state index in [0.29, 0.717) is 0 Å². The zero-order valence-corrected chi connectivity index (χ0v) is 7.52. The van der Waals surface area contributed by atoms with Crippen LogP contribution in [0.4, 0.5) is 0 Å². The van der Waals surface area contributed by atoms with E-state index >= 15 is 0 Å². The minimum absolute atomic E-state index is 0.00283. The number of nitriles is 1. The first-order valence-corrected chi connectivity index (χ1v) is 3.95. The van der Waals surface area contributed by atoms with Gasteiger partial charge in [-0.3, -0.25) is 0 Å². The minimum atomic E-state index is -0.607. The van der Waals surface area contributed by atoms with Gasteiger partial charge in [0.2, 0.25) is 0 Å². The number of hydrogen-bond acceptors (Lipinski definition) is 5. The Morgan fingerprint density at radius 1 is 1.79 bits per heavy atom. The molecule has 0 saturated carbocycles. The predicted octanol–water partition coefficient (Wildman–Crippen LogP) is 0.836. The maximum absolute atomic E-state index is 11.1. The summed E-state index contributed by atoms with van der Waals surface area (Å²) in [5, 5.41) is 17.7. The van der Waals surface area contributed by atoms with Crippen LogP contribution < -0.4 is 0 Å². The van der Waals surface area contributed by atoms with Gasteiger partial charge < -0.3 is 9.84 Å². The summed E-state index contributed by atoms with van der Waals surface area (Å²) in [5.74, 6) is -0.857. The molecule has 14 heavy (non-hydrogen) atoms. The van der Waals surface area contributed by atoms with Crippen LogP contribution in [-0.4, -0.2) is 22.7 Å². The molecule has 1 aromatic heterocycles. The van der Waals surface area contributed by atoms with E-state index in [1.165, 1.54) is 6.07 Å². The molecular weight excluding hydrogens is 184 g/mol. The second-order valence-corrected chi connectivity index (χ2v) is 2.42. The lowest BCUT2D eigenvalue weighted by Crippen LogP contribution is -2.07. The summed E-state index contributed by atoms with van der Waals surface area (Å²) in [6, 6.07) is 2.92. The van der Waals surface area contributed by atoms with Crippen molar-refractivity contribution in [3.63, 3.8) is 0 Å². The summed E-state index contributed by atoms with van der Waals surface area (Å²) in [6.45, 7) is 1.91. The molecule has 72 valence electrons. The summed E-state index contributed by atoms with van der Waals surface area (Å²) in [7, 11) is 0. The molecule has 0 saturated heterocycles. The Balaban J connectivity index is 3.02. The Kier molecular flexibility index (Phi) is 3.02. The number of carbonyl (C=O) groups is 1. The third kappa shape index (κ3) is 1.98. The summed E-state index contributed by atoms with van der Waals surface area (Å²) in [6.07, 6.45) is 1.05. The molecule has 1 rings (SSSR count). The van der Waals surface area contributed by atoms with Gasteiger partial charge in [0, 0.05) is 0 Å². The number of hydrogen-bond donors (Lipinski definition) is 1. The Labute approximate surface area is 80.6 Å². The lowest BCUT2D eigenvalue weighted by atomic mass is 10.2. The maximum Gasteiger partial charge on any atom is 0.356 e. The molecule has 0 bridgehead atoms. The van der Waals surface area contributed by atoms with Crippen molar-refractivity contribution in [3.05, 3.63) is 23.5 Å². The van der Waals surface area contributed by atoms with E-state index in [1.54, 1.807) is 13.0 Å². The van der Waals surface area contributed by atoms with Gasteiger partial charge in [-0.25, -0.2) is 9.78 Å². The van der Waals surface area contributed by atoms with Gasteiger partial charge in [-0.2, -0.15) is 5.26 Å². The molecule has 0 fully saturated rings. The second kappa shape index (κ2) is 4.23. The number of carbonyl (C=O) groups excluding carboxylic acids is 1. The Bertz CT molecular complexity index is 396. The summed E-state index contributed by atoms with van der Waals surface area (Å²) < 4.78 is 4.67. The first kappa shape index (κ1) is 9.99. The van der Waals surface area contributed by atoms with E-state index in [4.69, 9.17) is 10.4 Å². The van der Waals surface area contributed by atoms with Crippen LogP contribution in [-0.2, 0) is 4.74 Å². The Morgan fingerprint density at radius 2 is 2.50 bits per heavy atom. The molecule has 1 heterocycles. The Morgan fingerprint density at radius 3 is 3.07 bits per heavy atom. The van der Waals surface area contributed by atoms with E-state index in [-0.39, 0.29) is 23.6 Å². The number of nitrogens with zero attached hydrogens (tertiary/aromatic N) is 2. The molecule has 0 radical (unpaired) electrons. The molecule has 5 nitrogen and oxygen atoms in total. The van der Waals surface area contributed by atoms with Crippen LogP contribution >= 0.6 is 0 Å². The molecule has 0 aliphatic carbocycles. The van der Waals surface area contributed by atoms with Crippen molar-refractivity contribution in [1.29, 1.82) is 5.26 Å². The molecule has 0 unspecified atom stereocenters. The fourth-order valence-electron chi connectivity index (χ4n) is 0.854. The summed E-state index contributed by atoms with van der Waals surface area (Å²) in [4.78, 5) is 14.8. The van der Waals surface area contributed by atoms with Crippen LogP contribution in [0, 0.1) is 11.3 Å². The number of pyridine rings is 1. The van der Waals surface area contributed by atoms with Crippen LogP contribution in [0.25, 0.3) is 0 Å². The smallest absolute Gasteiger partial charge is 0.356 e. The van der Waals surface area contributed by atoms with Crippen LogP contribution in [0.2, 0.25) is 0 Å². The van der Waals surface area contributed by atoms with Gasteiger partial charge in [0.25, 0.3) is 0 Å². The minimum Gasteiger partial charge on any atom is -0.505 e. The SMILES string of the molecule is CCOC(=O)c1cc(C#N)c(O)cn1. The lowest BCUT2D eigenvalue weighted by Gasteiger charge is -2.01. The monoisotopic (exact) mass is 192 g/mol. The highest BCUT2D eigenvalue weighted by molar-refractivity contribution is 5.87. The fraction of sp³-hybridized carbons (Fsp3) is 0.222. The van der Waals surface area contributed by atoms with Crippen molar-refractivity contribution in [3.8, 4) is 11.8 Å². The Hall–Kier alpha value is -2.09. The number of aromatic nitrogens is 1. The first-order chi connectivity index (χ1) is 6.69. The molecule has 5 heteroatoms. The molecule has 0 amide bonds.